The third-order valence-electron chi connectivity index (χ3n) is 2.56. The first-order valence-electron chi connectivity index (χ1n) is 5.60. The van der Waals surface area contributed by atoms with Gasteiger partial charge in [0.05, 0.1) is 0 Å². The van der Waals surface area contributed by atoms with Crippen molar-refractivity contribution < 1.29 is 4.79 Å². The lowest BCUT2D eigenvalue weighted by molar-refractivity contribution is 0.104. The van der Waals surface area contributed by atoms with Crippen molar-refractivity contribution >= 4 is 25.2 Å². The maximum Gasteiger partial charge on any atom is 0.185 e. The fourth-order valence-electron chi connectivity index (χ4n) is 1.55. The Hall–Kier alpha value is -2.09. The molecule has 17 heavy (non-hydrogen) atoms. The lowest BCUT2D eigenvalue weighted by Crippen LogP contribution is -2.02. The topological polar surface area (TPSA) is 17.1 Å². The van der Waals surface area contributed by atoms with E-state index in [-0.39, 0.29) is 5.78 Å². The van der Waals surface area contributed by atoms with Crippen molar-refractivity contribution in [3.8, 4) is 0 Å². The van der Waals surface area contributed by atoms with Crippen molar-refractivity contribution in [1.82, 2.24) is 0 Å². The first-order chi connectivity index (χ1) is 8.25. The van der Waals surface area contributed by atoms with Gasteiger partial charge >= 0.3 is 0 Å². The number of hydrogen-bond donors (Lipinski definition) is 0. The van der Waals surface area contributed by atoms with Gasteiger partial charge in [-0.3, -0.25) is 4.79 Å². The zero-order chi connectivity index (χ0) is 12.1. The Bertz CT molecular complexity index is 527. The third-order valence-corrected chi connectivity index (χ3v) is 2.56. The number of carbonyl (C=O) groups is 1. The van der Waals surface area contributed by atoms with Gasteiger partial charge in [-0.05, 0) is 11.6 Å². The standard InChI is InChI=1S/C15H13BO/c16-14-9-7-13(8-10-14)15(17)11-6-12-4-2-1-3-5-12/h1-11H,16H2. The lowest BCUT2D eigenvalue weighted by atomic mass is 9.94. The van der Waals surface area contributed by atoms with E-state index in [4.69, 9.17) is 0 Å². The number of ketones is 1. The van der Waals surface area contributed by atoms with Crippen LogP contribution in [0.5, 0.6) is 0 Å². The maximum atomic E-state index is 11.8. The molecule has 0 saturated carbocycles. The van der Waals surface area contributed by atoms with E-state index < -0.39 is 0 Å². The van der Waals surface area contributed by atoms with Gasteiger partial charge in [0.1, 0.15) is 7.85 Å². The molecular formula is C15H13BO. The SMILES string of the molecule is Bc1ccc(C(=O)C=Cc2ccccc2)cc1. The van der Waals surface area contributed by atoms with Gasteiger partial charge in [0.15, 0.2) is 5.78 Å². The molecule has 0 heterocycles. The summed E-state index contributed by atoms with van der Waals surface area (Å²) in [5.41, 5.74) is 2.92. The second kappa shape index (κ2) is 5.31. The van der Waals surface area contributed by atoms with Crippen LogP contribution in [0, 0.1) is 0 Å². The largest absolute Gasteiger partial charge is 0.289 e. The van der Waals surface area contributed by atoms with Gasteiger partial charge in [0, 0.05) is 5.56 Å². The molecule has 0 amide bonds. The molecular weight excluding hydrogens is 207 g/mol. The normalized spacial score (nSPS) is 10.6. The summed E-state index contributed by atoms with van der Waals surface area (Å²) in [7, 11) is 2.01. The van der Waals surface area contributed by atoms with Crippen molar-refractivity contribution in [3.63, 3.8) is 0 Å². The Kier molecular flexibility index (Phi) is 3.56. The Morgan fingerprint density at radius 2 is 1.59 bits per heavy atom. The van der Waals surface area contributed by atoms with Crippen LogP contribution in [0.1, 0.15) is 15.9 Å². The maximum absolute atomic E-state index is 11.8. The quantitative estimate of drug-likeness (QED) is 0.438. The fraction of sp³-hybridized carbons (Fsp3) is 0. The number of rotatable bonds is 3. The van der Waals surface area contributed by atoms with Crippen molar-refractivity contribution in [2.75, 3.05) is 0 Å². The van der Waals surface area contributed by atoms with E-state index in [0.29, 0.717) is 0 Å². The Labute approximate surface area is 102 Å². The predicted molar refractivity (Wildman–Crippen MR) is 74.4 cm³/mol. The van der Waals surface area contributed by atoms with Gasteiger partial charge in [0.25, 0.3) is 0 Å². The molecule has 1 nitrogen and oxygen atoms in total. The molecule has 0 bridgehead atoms. The van der Waals surface area contributed by atoms with Gasteiger partial charge in [-0.2, -0.15) is 0 Å². The first-order valence-corrected chi connectivity index (χ1v) is 5.60. The number of allylic oxidation sites excluding steroid dienone is 1. The molecule has 0 aliphatic rings. The van der Waals surface area contributed by atoms with E-state index in [0.717, 1.165) is 16.6 Å². The molecule has 2 rings (SSSR count). The zero-order valence-corrected chi connectivity index (χ0v) is 9.76. The van der Waals surface area contributed by atoms with Gasteiger partial charge in [-0.15, -0.1) is 0 Å². The van der Waals surface area contributed by atoms with E-state index >= 15 is 0 Å². The lowest BCUT2D eigenvalue weighted by Gasteiger charge is -1.96. The van der Waals surface area contributed by atoms with E-state index in [1.807, 2.05) is 68.5 Å². The highest BCUT2D eigenvalue weighted by atomic mass is 16.1. The summed E-state index contributed by atoms with van der Waals surface area (Å²) < 4.78 is 0. The molecule has 82 valence electrons. The van der Waals surface area contributed by atoms with E-state index in [1.165, 1.54) is 0 Å². The van der Waals surface area contributed by atoms with Crippen LogP contribution in [-0.4, -0.2) is 13.6 Å². The third kappa shape index (κ3) is 3.18. The molecule has 0 N–H and O–H groups in total. The molecule has 0 aliphatic carbocycles. The highest BCUT2D eigenvalue weighted by Crippen LogP contribution is 2.04. The monoisotopic (exact) mass is 220 g/mol. The van der Waals surface area contributed by atoms with Crippen LogP contribution < -0.4 is 5.46 Å². The average Bonchev–Trinajstić information content (AvgIpc) is 2.38. The molecule has 0 aliphatic heterocycles. The summed E-state index contributed by atoms with van der Waals surface area (Å²) in [6, 6.07) is 17.4. The van der Waals surface area contributed by atoms with Crippen LogP contribution >= 0.6 is 0 Å². The minimum Gasteiger partial charge on any atom is -0.289 e. The second-order valence-electron chi connectivity index (χ2n) is 3.97. The molecule has 0 aromatic heterocycles. The van der Waals surface area contributed by atoms with Crippen LogP contribution in [0.3, 0.4) is 0 Å². The van der Waals surface area contributed by atoms with Crippen LogP contribution in [0.25, 0.3) is 6.08 Å². The predicted octanol–water partition coefficient (Wildman–Crippen LogP) is 1.84. The average molecular weight is 220 g/mol. The van der Waals surface area contributed by atoms with Crippen LogP contribution in [-0.2, 0) is 0 Å². The van der Waals surface area contributed by atoms with Crippen LogP contribution in [0.2, 0.25) is 0 Å². The summed E-state index contributed by atoms with van der Waals surface area (Å²) in [6.45, 7) is 0. The van der Waals surface area contributed by atoms with Gasteiger partial charge in [0.2, 0.25) is 0 Å². The number of benzene rings is 2. The Morgan fingerprint density at radius 1 is 0.941 bits per heavy atom. The van der Waals surface area contributed by atoms with Crippen LogP contribution in [0.4, 0.5) is 0 Å². The smallest absolute Gasteiger partial charge is 0.185 e. The van der Waals surface area contributed by atoms with Crippen molar-refractivity contribution in [3.05, 3.63) is 71.8 Å². The fourth-order valence-corrected chi connectivity index (χ4v) is 1.55. The molecule has 0 fully saturated rings. The summed E-state index contributed by atoms with van der Waals surface area (Å²) >= 11 is 0. The summed E-state index contributed by atoms with van der Waals surface area (Å²) in [5.74, 6) is 0.0360. The van der Waals surface area contributed by atoms with Crippen molar-refractivity contribution in [2.24, 2.45) is 0 Å². The highest BCUT2D eigenvalue weighted by molar-refractivity contribution is 6.32. The summed E-state index contributed by atoms with van der Waals surface area (Å²) in [6.07, 6.45) is 3.45. The number of hydrogen-bond acceptors (Lipinski definition) is 1. The first kappa shape index (κ1) is 11.4. The van der Waals surface area contributed by atoms with Gasteiger partial charge in [-0.25, -0.2) is 0 Å². The molecule has 0 unspecified atom stereocenters. The molecule has 2 aromatic carbocycles. The Morgan fingerprint density at radius 3 is 2.24 bits per heavy atom. The molecule has 0 saturated heterocycles. The minimum absolute atomic E-state index is 0.0360. The minimum atomic E-state index is 0.0360. The van der Waals surface area contributed by atoms with Gasteiger partial charge in [-0.1, -0.05) is 66.1 Å². The molecule has 2 aromatic rings. The highest BCUT2D eigenvalue weighted by Gasteiger charge is 1.99. The van der Waals surface area contributed by atoms with E-state index in [2.05, 4.69) is 0 Å². The van der Waals surface area contributed by atoms with Crippen LogP contribution in [0.15, 0.2) is 60.7 Å². The van der Waals surface area contributed by atoms with Crippen molar-refractivity contribution in [2.45, 2.75) is 0 Å². The van der Waals surface area contributed by atoms with Gasteiger partial charge < -0.3 is 0 Å². The second-order valence-corrected chi connectivity index (χ2v) is 3.97. The van der Waals surface area contributed by atoms with Crippen molar-refractivity contribution in [1.29, 1.82) is 0 Å². The molecule has 0 radical (unpaired) electrons. The molecule has 0 spiro atoms. The summed E-state index contributed by atoms with van der Waals surface area (Å²) in [4.78, 5) is 11.8. The van der Waals surface area contributed by atoms with E-state index in [9.17, 15) is 4.79 Å². The van der Waals surface area contributed by atoms with E-state index in [1.54, 1.807) is 6.08 Å². The summed E-state index contributed by atoms with van der Waals surface area (Å²) in [5, 5.41) is 0. The Balaban J connectivity index is 2.12. The molecule has 2 heteroatoms. The number of carbonyl (C=O) groups excluding carboxylic acids is 1. The zero-order valence-electron chi connectivity index (χ0n) is 9.76. The molecule has 0 atom stereocenters.